The van der Waals surface area contributed by atoms with Crippen molar-refractivity contribution in [2.75, 3.05) is 13.2 Å². The SMILES string of the molecule is CCc1c(C(=O)NC[C@H]2CCCO2)c(C)nn1-c1ccccc1. The standard InChI is InChI=1S/C18H23N3O2/c1-3-16-17(18(22)19-12-15-10-7-11-23-15)13(2)20-21(16)14-8-5-4-6-9-14/h4-6,8-9,15H,3,7,10-12H2,1-2H3,(H,19,22)/t15-/m1/s1. The predicted molar refractivity (Wildman–Crippen MR) is 89.0 cm³/mol. The average molecular weight is 313 g/mol. The first-order chi connectivity index (χ1) is 11.2. The number of aromatic nitrogens is 2. The summed E-state index contributed by atoms with van der Waals surface area (Å²) in [7, 11) is 0. The van der Waals surface area contributed by atoms with Crippen LogP contribution in [0, 0.1) is 6.92 Å². The molecular weight excluding hydrogens is 290 g/mol. The Labute approximate surface area is 136 Å². The fraction of sp³-hybridized carbons (Fsp3) is 0.444. The number of carbonyl (C=O) groups is 1. The fourth-order valence-electron chi connectivity index (χ4n) is 3.08. The van der Waals surface area contributed by atoms with Crippen molar-refractivity contribution in [1.29, 1.82) is 0 Å². The zero-order valence-corrected chi connectivity index (χ0v) is 13.7. The van der Waals surface area contributed by atoms with Crippen molar-refractivity contribution < 1.29 is 9.53 Å². The molecule has 1 saturated heterocycles. The molecule has 0 bridgehead atoms. The molecule has 0 radical (unpaired) electrons. The highest BCUT2D eigenvalue weighted by molar-refractivity contribution is 5.96. The first-order valence-corrected chi connectivity index (χ1v) is 8.24. The molecule has 122 valence electrons. The van der Waals surface area contributed by atoms with Crippen molar-refractivity contribution in [2.45, 2.75) is 39.2 Å². The van der Waals surface area contributed by atoms with Gasteiger partial charge in [-0.3, -0.25) is 4.79 Å². The first kappa shape index (κ1) is 15.7. The molecular formula is C18H23N3O2. The van der Waals surface area contributed by atoms with Crippen LogP contribution in [0.1, 0.15) is 41.5 Å². The number of carbonyl (C=O) groups excluding carboxylic acids is 1. The maximum Gasteiger partial charge on any atom is 0.255 e. The molecule has 1 aromatic carbocycles. The largest absolute Gasteiger partial charge is 0.376 e. The molecule has 23 heavy (non-hydrogen) atoms. The number of amides is 1. The van der Waals surface area contributed by atoms with Crippen molar-refractivity contribution in [2.24, 2.45) is 0 Å². The molecule has 2 aromatic rings. The maximum atomic E-state index is 12.6. The van der Waals surface area contributed by atoms with Gasteiger partial charge >= 0.3 is 0 Å². The monoisotopic (exact) mass is 313 g/mol. The van der Waals surface area contributed by atoms with E-state index in [1.165, 1.54) is 0 Å². The third kappa shape index (κ3) is 3.29. The topological polar surface area (TPSA) is 56.1 Å². The number of benzene rings is 1. The molecule has 5 heteroatoms. The van der Waals surface area contributed by atoms with E-state index >= 15 is 0 Å². The van der Waals surface area contributed by atoms with E-state index < -0.39 is 0 Å². The first-order valence-electron chi connectivity index (χ1n) is 8.24. The van der Waals surface area contributed by atoms with E-state index in [2.05, 4.69) is 10.4 Å². The number of nitrogens with zero attached hydrogens (tertiary/aromatic N) is 2. The summed E-state index contributed by atoms with van der Waals surface area (Å²) in [6, 6.07) is 9.92. The minimum absolute atomic E-state index is 0.0583. The van der Waals surface area contributed by atoms with Gasteiger partial charge in [-0.2, -0.15) is 5.10 Å². The number of hydrogen-bond acceptors (Lipinski definition) is 3. The number of aryl methyl sites for hydroxylation is 1. The summed E-state index contributed by atoms with van der Waals surface area (Å²) < 4.78 is 7.44. The van der Waals surface area contributed by atoms with Crippen LogP contribution in [-0.2, 0) is 11.2 Å². The number of para-hydroxylation sites is 1. The Bertz CT molecular complexity index is 673. The van der Waals surface area contributed by atoms with Gasteiger partial charge in [-0.15, -0.1) is 0 Å². The molecule has 1 aliphatic rings. The van der Waals surface area contributed by atoms with E-state index in [0.717, 1.165) is 42.9 Å². The number of ether oxygens (including phenoxy) is 1. The lowest BCUT2D eigenvalue weighted by Crippen LogP contribution is -2.32. The van der Waals surface area contributed by atoms with Crippen LogP contribution in [0.2, 0.25) is 0 Å². The van der Waals surface area contributed by atoms with Crippen molar-refractivity contribution in [3.8, 4) is 5.69 Å². The smallest absolute Gasteiger partial charge is 0.255 e. The molecule has 1 fully saturated rings. The molecule has 0 aliphatic carbocycles. The predicted octanol–water partition coefficient (Wildman–Crippen LogP) is 2.65. The van der Waals surface area contributed by atoms with Crippen LogP contribution in [0.15, 0.2) is 30.3 Å². The molecule has 1 atom stereocenters. The van der Waals surface area contributed by atoms with E-state index in [1.54, 1.807) is 0 Å². The molecule has 1 amide bonds. The molecule has 2 heterocycles. The van der Waals surface area contributed by atoms with Gasteiger partial charge in [0, 0.05) is 13.2 Å². The number of nitrogens with one attached hydrogen (secondary N) is 1. The highest BCUT2D eigenvalue weighted by Gasteiger charge is 2.23. The lowest BCUT2D eigenvalue weighted by molar-refractivity contribution is 0.0856. The van der Waals surface area contributed by atoms with Gasteiger partial charge < -0.3 is 10.1 Å². The number of hydrogen-bond donors (Lipinski definition) is 1. The highest BCUT2D eigenvalue weighted by atomic mass is 16.5. The van der Waals surface area contributed by atoms with Crippen molar-refractivity contribution in [3.63, 3.8) is 0 Å². The van der Waals surface area contributed by atoms with Gasteiger partial charge in [0.25, 0.3) is 5.91 Å². The van der Waals surface area contributed by atoms with Crippen LogP contribution >= 0.6 is 0 Å². The van der Waals surface area contributed by atoms with Gasteiger partial charge in [0.15, 0.2) is 0 Å². The van der Waals surface area contributed by atoms with Crippen molar-refractivity contribution >= 4 is 5.91 Å². The fourth-order valence-corrected chi connectivity index (χ4v) is 3.08. The van der Waals surface area contributed by atoms with E-state index in [0.29, 0.717) is 12.1 Å². The minimum Gasteiger partial charge on any atom is -0.376 e. The van der Waals surface area contributed by atoms with Crippen molar-refractivity contribution in [3.05, 3.63) is 47.3 Å². The van der Waals surface area contributed by atoms with E-state index in [4.69, 9.17) is 4.74 Å². The van der Waals surface area contributed by atoms with E-state index in [-0.39, 0.29) is 12.0 Å². The lowest BCUT2D eigenvalue weighted by Gasteiger charge is -2.12. The second-order valence-electron chi connectivity index (χ2n) is 5.85. The summed E-state index contributed by atoms with van der Waals surface area (Å²) in [5, 5.41) is 7.58. The van der Waals surface area contributed by atoms with Crippen LogP contribution in [0.25, 0.3) is 5.69 Å². The van der Waals surface area contributed by atoms with Gasteiger partial charge in [0.05, 0.1) is 28.7 Å². The Morgan fingerprint density at radius 2 is 2.17 bits per heavy atom. The zero-order chi connectivity index (χ0) is 16.2. The van der Waals surface area contributed by atoms with E-state index in [1.807, 2.05) is 48.9 Å². The van der Waals surface area contributed by atoms with Crippen LogP contribution in [0.5, 0.6) is 0 Å². The van der Waals surface area contributed by atoms with Crippen LogP contribution in [0.3, 0.4) is 0 Å². The van der Waals surface area contributed by atoms with Crippen molar-refractivity contribution in [1.82, 2.24) is 15.1 Å². The third-order valence-electron chi connectivity index (χ3n) is 4.23. The second-order valence-corrected chi connectivity index (χ2v) is 5.85. The Kier molecular flexibility index (Phi) is 4.76. The van der Waals surface area contributed by atoms with Gasteiger partial charge in [-0.25, -0.2) is 4.68 Å². The summed E-state index contributed by atoms with van der Waals surface area (Å²) in [5.41, 5.74) is 3.37. The molecule has 5 nitrogen and oxygen atoms in total. The summed E-state index contributed by atoms with van der Waals surface area (Å²) in [6.07, 6.45) is 2.99. The van der Waals surface area contributed by atoms with E-state index in [9.17, 15) is 4.79 Å². The minimum atomic E-state index is -0.0583. The highest BCUT2D eigenvalue weighted by Crippen LogP contribution is 2.19. The Morgan fingerprint density at radius 3 is 2.83 bits per heavy atom. The van der Waals surface area contributed by atoms with Gasteiger partial charge in [0.2, 0.25) is 0 Å². The lowest BCUT2D eigenvalue weighted by atomic mass is 10.1. The average Bonchev–Trinajstić information content (AvgIpc) is 3.20. The molecule has 0 spiro atoms. The van der Waals surface area contributed by atoms with Crippen LogP contribution in [0.4, 0.5) is 0 Å². The summed E-state index contributed by atoms with van der Waals surface area (Å²) in [5.74, 6) is -0.0583. The molecule has 3 rings (SSSR count). The Morgan fingerprint density at radius 1 is 1.39 bits per heavy atom. The maximum absolute atomic E-state index is 12.6. The van der Waals surface area contributed by atoms with Gasteiger partial charge in [0.1, 0.15) is 0 Å². The van der Waals surface area contributed by atoms with Crippen LogP contribution < -0.4 is 5.32 Å². The zero-order valence-electron chi connectivity index (χ0n) is 13.7. The molecule has 1 aromatic heterocycles. The Balaban J connectivity index is 1.83. The third-order valence-corrected chi connectivity index (χ3v) is 4.23. The normalized spacial score (nSPS) is 17.4. The van der Waals surface area contributed by atoms with Gasteiger partial charge in [-0.05, 0) is 38.3 Å². The molecule has 1 N–H and O–H groups in total. The molecule has 1 aliphatic heterocycles. The van der Waals surface area contributed by atoms with Gasteiger partial charge in [-0.1, -0.05) is 25.1 Å². The molecule has 0 unspecified atom stereocenters. The van der Waals surface area contributed by atoms with Crippen LogP contribution in [-0.4, -0.2) is 34.9 Å². The summed E-state index contributed by atoms with van der Waals surface area (Å²) in [6.45, 7) is 5.30. The summed E-state index contributed by atoms with van der Waals surface area (Å²) >= 11 is 0. The summed E-state index contributed by atoms with van der Waals surface area (Å²) in [4.78, 5) is 12.6. The number of rotatable bonds is 5. The molecule has 0 saturated carbocycles. The second kappa shape index (κ2) is 6.96. The quantitative estimate of drug-likeness (QED) is 0.923. The Hall–Kier alpha value is -2.14.